The third-order valence-electron chi connectivity index (χ3n) is 4.46. The van der Waals surface area contributed by atoms with E-state index in [-0.39, 0.29) is 0 Å². The van der Waals surface area contributed by atoms with Gasteiger partial charge in [0.05, 0.1) is 0 Å². The maximum atomic E-state index is 4.25. The van der Waals surface area contributed by atoms with Gasteiger partial charge in [-0.3, -0.25) is 0 Å². The van der Waals surface area contributed by atoms with E-state index in [1.165, 1.54) is 84.0 Å². The van der Waals surface area contributed by atoms with Crippen LogP contribution >= 0.6 is 12.6 Å². The van der Waals surface area contributed by atoms with Crippen molar-refractivity contribution in [3.05, 3.63) is 0 Å². The molecular formula is C17H36N2S. The molecule has 0 amide bonds. The highest BCUT2D eigenvalue weighted by Gasteiger charge is 2.18. The molecule has 0 aromatic rings. The molecule has 0 radical (unpaired) electrons. The zero-order chi connectivity index (χ0) is 14.6. The Kier molecular flexibility index (Phi) is 10.9. The molecule has 1 rings (SSSR count). The molecule has 3 heteroatoms. The van der Waals surface area contributed by atoms with Crippen LogP contribution in [0.4, 0.5) is 0 Å². The molecule has 1 heterocycles. The summed E-state index contributed by atoms with van der Waals surface area (Å²) >= 11 is 4.25. The van der Waals surface area contributed by atoms with Crippen molar-refractivity contribution >= 4 is 12.6 Å². The van der Waals surface area contributed by atoms with Crippen molar-refractivity contribution in [2.75, 3.05) is 46.0 Å². The van der Waals surface area contributed by atoms with Gasteiger partial charge in [-0.1, -0.05) is 32.1 Å². The van der Waals surface area contributed by atoms with Crippen LogP contribution < -0.4 is 0 Å². The summed E-state index contributed by atoms with van der Waals surface area (Å²) in [6, 6.07) is 0. The van der Waals surface area contributed by atoms with Crippen LogP contribution in [-0.4, -0.2) is 55.8 Å². The highest BCUT2D eigenvalue weighted by atomic mass is 32.1. The van der Waals surface area contributed by atoms with E-state index in [1.807, 2.05) is 0 Å². The first kappa shape index (κ1) is 18.3. The summed E-state index contributed by atoms with van der Waals surface area (Å²) in [7, 11) is 4.39. The van der Waals surface area contributed by atoms with Gasteiger partial charge in [0.2, 0.25) is 0 Å². The molecule has 0 aromatic heterocycles. The number of rotatable bonds is 11. The number of nitrogens with zero attached hydrogens (tertiary/aromatic N) is 2. The van der Waals surface area contributed by atoms with E-state index in [2.05, 4.69) is 36.5 Å². The molecule has 0 aromatic carbocycles. The van der Waals surface area contributed by atoms with E-state index in [1.54, 1.807) is 0 Å². The first-order chi connectivity index (χ1) is 9.72. The predicted octanol–water partition coefficient (Wildman–Crippen LogP) is 3.92. The van der Waals surface area contributed by atoms with Crippen molar-refractivity contribution in [1.82, 2.24) is 9.80 Å². The SMILES string of the molecule is CN(C)CC1CCN(CCCCCCCCCS)CC1. The second-order valence-electron chi connectivity index (χ2n) is 6.75. The highest BCUT2D eigenvalue weighted by Crippen LogP contribution is 2.18. The number of thiol groups is 1. The molecule has 0 saturated carbocycles. The van der Waals surface area contributed by atoms with Gasteiger partial charge in [0.15, 0.2) is 0 Å². The Labute approximate surface area is 132 Å². The molecule has 0 unspecified atom stereocenters. The smallest absolute Gasteiger partial charge is 0.000451 e. The lowest BCUT2D eigenvalue weighted by Gasteiger charge is -2.33. The fourth-order valence-corrected chi connectivity index (χ4v) is 3.46. The summed E-state index contributed by atoms with van der Waals surface area (Å²) in [6.07, 6.45) is 12.6. The summed E-state index contributed by atoms with van der Waals surface area (Å²) in [5, 5.41) is 0. The minimum Gasteiger partial charge on any atom is -0.309 e. The Balaban J connectivity index is 1.89. The quantitative estimate of drug-likeness (QED) is 0.456. The van der Waals surface area contributed by atoms with Crippen LogP contribution in [0, 0.1) is 5.92 Å². The van der Waals surface area contributed by atoms with Gasteiger partial charge in [-0.2, -0.15) is 12.6 Å². The molecule has 0 aliphatic carbocycles. The third-order valence-corrected chi connectivity index (χ3v) is 4.78. The Hall–Kier alpha value is 0.270. The van der Waals surface area contributed by atoms with Crippen molar-refractivity contribution in [3.63, 3.8) is 0 Å². The maximum Gasteiger partial charge on any atom is 0.000451 e. The average Bonchev–Trinajstić information content (AvgIpc) is 2.43. The maximum absolute atomic E-state index is 4.25. The summed E-state index contributed by atoms with van der Waals surface area (Å²) in [5.74, 6) is 2.00. The molecule has 1 aliphatic heterocycles. The number of piperidine rings is 1. The summed E-state index contributed by atoms with van der Waals surface area (Å²) in [6.45, 7) is 5.28. The van der Waals surface area contributed by atoms with Crippen molar-refractivity contribution in [2.24, 2.45) is 5.92 Å². The summed E-state index contributed by atoms with van der Waals surface area (Å²) in [5.41, 5.74) is 0. The Morgan fingerprint density at radius 1 is 0.900 bits per heavy atom. The lowest BCUT2D eigenvalue weighted by molar-refractivity contribution is 0.160. The molecule has 1 saturated heterocycles. The van der Waals surface area contributed by atoms with E-state index in [0.29, 0.717) is 0 Å². The Morgan fingerprint density at radius 3 is 2.00 bits per heavy atom. The monoisotopic (exact) mass is 300 g/mol. The molecule has 120 valence electrons. The Bertz CT molecular complexity index is 213. The standard InChI is InChI=1S/C17H36N2S/c1-18(2)16-17-10-13-19(14-11-17)12-8-6-4-3-5-7-9-15-20/h17,20H,3-16H2,1-2H3. The van der Waals surface area contributed by atoms with Crippen LogP contribution in [0.3, 0.4) is 0 Å². The van der Waals surface area contributed by atoms with Crippen LogP contribution in [0.1, 0.15) is 57.8 Å². The first-order valence-electron chi connectivity index (χ1n) is 8.70. The number of unbranched alkanes of at least 4 members (excludes halogenated alkanes) is 6. The van der Waals surface area contributed by atoms with Gasteiger partial charge in [-0.15, -0.1) is 0 Å². The number of hydrogen-bond donors (Lipinski definition) is 1. The summed E-state index contributed by atoms with van der Waals surface area (Å²) in [4.78, 5) is 5.03. The van der Waals surface area contributed by atoms with Gasteiger partial charge in [0.1, 0.15) is 0 Å². The van der Waals surface area contributed by atoms with Crippen molar-refractivity contribution in [3.8, 4) is 0 Å². The molecule has 0 bridgehead atoms. The second-order valence-corrected chi connectivity index (χ2v) is 7.19. The van der Waals surface area contributed by atoms with Gasteiger partial charge in [-0.05, 0) is 71.1 Å². The highest BCUT2D eigenvalue weighted by molar-refractivity contribution is 7.80. The van der Waals surface area contributed by atoms with Gasteiger partial charge >= 0.3 is 0 Å². The van der Waals surface area contributed by atoms with Crippen LogP contribution in [0.25, 0.3) is 0 Å². The second kappa shape index (κ2) is 11.9. The molecule has 2 nitrogen and oxygen atoms in total. The first-order valence-corrected chi connectivity index (χ1v) is 9.33. The largest absolute Gasteiger partial charge is 0.309 e. The molecule has 0 N–H and O–H groups in total. The van der Waals surface area contributed by atoms with Crippen molar-refractivity contribution in [1.29, 1.82) is 0 Å². The topological polar surface area (TPSA) is 6.48 Å². The van der Waals surface area contributed by atoms with Crippen LogP contribution in [-0.2, 0) is 0 Å². The van der Waals surface area contributed by atoms with Gasteiger partial charge in [0.25, 0.3) is 0 Å². The lowest BCUT2D eigenvalue weighted by atomic mass is 9.96. The zero-order valence-electron chi connectivity index (χ0n) is 13.8. The fraction of sp³-hybridized carbons (Fsp3) is 1.00. The minimum absolute atomic E-state index is 0.938. The van der Waals surface area contributed by atoms with Crippen LogP contribution in [0.5, 0.6) is 0 Å². The van der Waals surface area contributed by atoms with Crippen LogP contribution in [0.15, 0.2) is 0 Å². The molecule has 0 spiro atoms. The molecule has 0 atom stereocenters. The predicted molar refractivity (Wildman–Crippen MR) is 93.9 cm³/mol. The van der Waals surface area contributed by atoms with Crippen LogP contribution in [0.2, 0.25) is 0 Å². The van der Waals surface area contributed by atoms with E-state index in [4.69, 9.17) is 0 Å². The van der Waals surface area contributed by atoms with Gasteiger partial charge in [-0.25, -0.2) is 0 Å². The zero-order valence-corrected chi connectivity index (χ0v) is 14.7. The lowest BCUT2D eigenvalue weighted by Crippen LogP contribution is -2.37. The molecular weight excluding hydrogens is 264 g/mol. The van der Waals surface area contributed by atoms with Crippen molar-refractivity contribution < 1.29 is 0 Å². The van der Waals surface area contributed by atoms with E-state index < -0.39 is 0 Å². The fourth-order valence-electron chi connectivity index (χ4n) is 3.24. The Morgan fingerprint density at radius 2 is 1.45 bits per heavy atom. The molecule has 1 fully saturated rings. The average molecular weight is 301 g/mol. The van der Waals surface area contributed by atoms with Gasteiger partial charge < -0.3 is 9.80 Å². The number of hydrogen-bond acceptors (Lipinski definition) is 3. The van der Waals surface area contributed by atoms with Crippen molar-refractivity contribution in [2.45, 2.75) is 57.8 Å². The van der Waals surface area contributed by atoms with E-state index in [0.717, 1.165) is 11.7 Å². The van der Waals surface area contributed by atoms with E-state index >= 15 is 0 Å². The molecule has 1 aliphatic rings. The normalized spacial score (nSPS) is 18.0. The number of likely N-dealkylation sites (tertiary alicyclic amines) is 1. The van der Waals surface area contributed by atoms with Gasteiger partial charge in [0, 0.05) is 6.54 Å². The van der Waals surface area contributed by atoms with E-state index in [9.17, 15) is 0 Å². The third kappa shape index (κ3) is 9.25. The minimum atomic E-state index is 0.938. The molecule has 20 heavy (non-hydrogen) atoms. The summed E-state index contributed by atoms with van der Waals surface area (Å²) < 4.78 is 0.